The van der Waals surface area contributed by atoms with E-state index in [0.717, 1.165) is 19.2 Å². The Morgan fingerprint density at radius 1 is 1.21 bits per heavy atom. The van der Waals surface area contributed by atoms with Gasteiger partial charge in [-0.3, -0.25) is 0 Å². The molecule has 0 aliphatic carbocycles. The number of anilines is 1. The maximum absolute atomic E-state index is 14.0. The third kappa shape index (κ3) is 1.96. The molecule has 0 radical (unpaired) electrons. The van der Waals surface area contributed by atoms with Gasteiger partial charge >= 0.3 is 5.97 Å². The van der Waals surface area contributed by atoms with Crippen LogP contribution in [0.15, 0.2) is 12.1 Å². The van der Waals surface area contributed by atoms with Gasteiger partial charge in [-0.25, -0.2) is 13.6 Å². The van der Waals surface area contributed by atoms with Crippen LogP contribution in [0.25, 0.3) is 0 Å². The summed E-state index contributed by atoms with van der Waals surface area (Å²) in [6.07, 6.45) is 0. The summed E-state index contributed by atoms with van der Waals surface area (Å²) < 4.78 is 27.6. The maximum Gasteiger partial charge on any atom is 0.338 e. The highest BCUT2D eigenvalue weighted by Crippen LogP contribution is 2.33. The quantitative estimate of drug-likeness (QED) is 0.849. The van der Waals surface area contributed by atoms with Gasteiger partial charge in [0.05, 0.1) is 11.3 Å². The molecule has 2 atom stereocenters. The van der Waals surface area contributed by atoms with Crippen LogP contribution in [0, 0.1) is 23.5 Å². The molecule has 2 fully saturated rings. The van der Waals surface area contributed by atoms with Crippen molar-refractivity contribution in [2.24, 2.45) is 11.8 Å². The summed E-state index contributed by atoms with van der Waals surface area (Å²) in [7, 11) is 0. The SMILES string of the molecule is O=C(O)c1ccc(N2C[C@H]3CNC[C@H]3C2)c(F)c1F. The van der Waals surface area contributed by atoms with E-state index in [1.54, 1.807) is 4.90 Å². The highest BCUT2D eigenvalue weighted by atomic mass is 19.2. The minimum absolute atomic E-state index is 0.164. The van der Waals surface area contributed by atoms with Gasteiger partial charge in [-0.15, -0.1) is 0 Å². The smallest absolute Gasteiger partial charge is 0.338 e. The molecule has 0 saturated carbocycles. The number of halogens is 2. The van der Waals surface area contributed by atoms with Crippen LogP contribution in [-0.2, 0) is 0 Å². The number of nitrogens with one attached hydrogen (secondary N) is 1. The van der Waals surface area contributed by atoms with Gasteiger partial charge in [-0.2, -0.15) is 0 Å². The number of benzene rings is 1. The number of aromatic carboxylic acids is 1. The molecular formula is C13H14F2N2O2. The van der Waals surface area contributed by atoms with Gasteiger partial charge in [0.25, 0.3) is 0 Å². The van der Waals surface area contributed by atoms with Gasteiger partial charge in [-0.05, 0) is 24.0 Å². The van der Waals surface area contributed by atoms with Crippen molar-refractivity contribution in [3.05, 3.63) is 29.3 Å². The van der Waals surface area contributed by atoms with E-state index in [1.807, 2.05) is 0 Å². The molecule has 0 amide bonds. The number of nitrogens with zero attached hydrogens (tertiary/aromatic N) is 1. The van der Waals surface area contributed by atoms with Crippen molar-refractivity contribution in [3.63, 3.8) is 0 Å². The number of rotatable bonds is 2. The Bertz CT molecular complexity index is 524. The first-order valence-corrected chi connectivity index (χ1v) is 6.25. The van der Waals surface area contributed by atoms with Crippen LogP contribution in [-0.4, -0.2) is 37.3 Å². The second kappa shape index (κ2) is 4.45. The monoisotopic (exact) mass is 268 g/mol. The summed E-state index contributed by atoms with van der Waals surface area (Å²) in [6, 6.07) is 2.48. The normalized spacial score (nSPS) is 25.7. The number of hydrogen-bond acceptors (Lipinski definition) is 3. The molecule has 1 aromatic rings. The second-order valence-electron chi connectivity index (χ2n) is 5.15. The lowest BCUT2D eigenvalue weighted by Crippen LogP contribution is -2.26. The van der Waals surface area contributed by atoms with E-state index in [0.29, 0.717) is 24.9 Å². The number of carboxylic acid groups (broad SMARTS) is 1. The molecule has 2 aliphatic rings. The van der Waals surface area contributed by atoms with Crippen molar-refractivity contribution in [2.45, 2.75) is 0 Å². The first-order chi connectivity index (χ1) is 9.08. The summed E-state index contributed by atoms with van der Waals surface area (Å²) in [6.45, 7) is 3.16. The van der Waals surface area contributed by atoms with Gasteiger partial charge in [0.15, 0.2) is 11.6 Å². The molecule has 0 bridgehead atoms. The Labute approximate surface area is 109 Å². The van der Waals surface area contributed by atoms with Crippen molar-refractivity contribution in [1.29, 1.82) is 0 Å². The van der Waals surface area contributed by atoms with Crippen molar-refractivity contribution in [3.8, 4) is 0 Å². The average Bonchev–Trinajstić information content (AvgIpc) is 2.92. The summed E-state index contributed by atoms with van der Waals surface area (Å²) in [4.78, 5) is 12.5. The zero-order chi connectivity index (χ0) is 13.6. The number of carbonyl (C=O) groups is 1. The second-order valence-corrected chi connectivity index (χ2v) is 5.15. The maximum atomic E-state index is 14.0. The molecule has 2 aliphatic heterocycles. The molecule has 2 saturated heterocycles. The van der Waals surface area contributed by atoms with Crippen LogP contribution in [0.5, 0.6) is 0 Å². The van der Waals surface area contributed by atoms with E-state index < -0.39 is 23.2 Å². The molecule has 0 spiro atoms. The van der Waals surface area contributed by atoms with Crippen LogP contribution in [0.1, 0.15) is 10.4 Å². The van der Waals surface area contributed by atoms with E-state index >= 15 is 0 Å². The van der Waals surface area contributed by atoms with Gasteiger partial charge in [0.2, 0.25) is 0 Å². The lowest BCUT2D eigenvalue weighted by atomic mass is 10.0. The summed E-state index contributed by atoms with van der Waals surface area (Å²) >= 11 is 0. The van der Waals surface area contributed by atoms with Crippen LogP contribution < -0.4 is 10.2 Å². The van der Waals surface area contributed by atoms with Crippen molar-refractivity contribution >= 4 is 11.7 Å². The number of fused-ring (bicyclic) bond motifs is 1. The predicted molar refractivity (Wildman–Crippen MR) is 65.4 cm³/mol. The molecule has 0 aromatic heterocycles. The lowest BCUT2D eigenvalue weighted by molar-refractivity contribution is 0.0690. The fourth-order valence-corrected chi connectivity index (χ4v) is 3.00. The Balaban J connectivity index is 1.90. The van der Waals surface area contributed by atoms with E-state index in [-0.39, 0.29) is 5.69 Å². The first kappa shape index (κ1) is 12.3. The topological polar surface area (TPSA) is 52.6 Å². The molecule has 2 heterocycles. The fraction of sp³-hybridized carbons (Fsp3) is 0.462. The highest BCUT2D eigenvalue weighted by Gasteiger charge is 2.37. The van der Waals surface area contributed by atoms with Crippen LogP contribution >= 0.6 is 0 Å². The molecule has 19 heavy (non-hydrogen) atoms. The van der Waals surface area contributed by atoms with E-state index in [9.17, 15) is 13.6 Å². The zero-order valence-corrected chi connectivity index (χ0v) is 10.2. The predicted octanol–water partition coefficient (Wildman–Crippen LogP) is 1.32. The van der Waals surface area contributed by atoms with Gasteiger partial charge < -0.3 is 15.3 Å². The Hall–Kier alpha value is -1.69. The number of hydrogen-bond donors (Lipinski definition) is 2. The molecule has 1 aromatic carbocycles. The molecule has 3 rings (SSSR count). The van der Waals surface area contributed by atoms with Gasteiger partial charge in [-0.1, -0.05) is 0 Å². The molecule has 0 unspecified atom stereocenters. The van der Waals surface area contributed by atoms with E-state index in [4.69, 9.17) is 5.11 Å². The van der Waals surface area contributed by atoms with Crippen LogP contribution in [0.2, 0.25) is 0 Å². The average molecular weight is 268 g/mol. The van der Waals surface area contributed by atoms with E-state index in [1.165, 1.54) is 6.07 Å². The lowest BCUT2D eigenvalue weighted by Gasteiger charge is -2.20. The van der Waals surface area contributed by atoms with E-state index in [2.05, 4.69) is 5.32 Å². The number of carboxylic acids is 1. The first-order valence-electron chi connectivity index (χ1n) is 6.25. The minimum atomic E-state index is -1.45. The Kier molecular flexibility index (Phi) is 2.89. The Morgan fingerprint density at radius 3 is 2.42 bits per heavy atom. The van der Waals surface area contributed by atoms with Crippen LogP contribution in [0.3, 0.4) is 0 Å². The zero-order valence-electron chi connectivity index (χ0n) is 10.2. The summed E-state index contributed by atoms with van der Waals surface area (Å²) in [5.74, 6) is -2.87. The van der Waals surface area contributed by atoms with Crippen LogP contribution in [0.4, 0.5) is 14.5 Å². The third-order valence-electron chi connectivity index (χ3n) is 4.02. The molecule has 6 heteroatoms. The van der Waals surface area contributed by atoms with Crippen molar-refractivity contribution < 1.29 is 18.7 Å². The molecule has 4 nitrogen and oxygen atoms in total. The fourth-order valence-electron chi connectivity index (χ4n) is 3.00. The standard InChI is InChI=1S/C13H14F2N2O2/c14-11-9(13(18)19)1-2-10(12(11)15)17-5-7-3-16-4-8(7)6-17/h1-2,7-8,16H,3-6H2,(H,18,19)/t7-,8+. The third-order valence-corrected chi connectivity index (χ3v) is 4.02. The minimum Gasteiger partial charge on any atom is -0.478 e. The molecule has 2 N–H and O–H groups in total. The Morgan fingerprint density at radius 2 is 1.84 bits per heavy atom. The largest absolute Gasteiger partial charge is 0.478 e. The summed E-state index contributed by atoms with van der Waals surface area (Å²) in [5.41, 5.74) is -0.459. The molecule has 102 valence electrons. The van der Waals surface area contributed by atoms with Crippen molar-refractivity contribution in [1.82, 2.24) is 5.32 Å². The molecular weight excluding hydrogens is 254 g/mol. The highest BCUT2D eigenvalue weighted by molar-refractivity contribution is 5.88. The van der Waals surface area contributed by atoms with Crippen molar-refractivity contribution in [2.75, 3.05) is 31.1 Å². The van der Waals surface area contributed by atoms with Gasteiger partial charge in [0.1, 0.15) is 0 Å². The summed E-state index contributed by atoms with van der Waals surface area (Å²) in [5, 5.41) is 12.0. The van der Waals surface area contributed by atoms with Gasteiger partial charge in [0, 0.05) is 26.2 Å².